The van der Waals surface area contributed by atoms with Crippen molar-refractivity contribution in [3.05, 3.63) is 88.4 Å². The van der Waals surface area contributed by atoms with Gasteiger partial charge in [-0.15, -0.1) is 0 Å². The molecular weight excluding hydrogens is 384 g/mol. The molecule has 1 unspecified atom stereocenters. The first kappa shape index (κ1) is 18.1. The average Bonchev–Trinajstić information content (AvgIpc) is 3.30. The van der Waals surface area contributed by atoms with Crippen LogP contribution in [-0.2, 0) is 10.2 Å². The third-order valence-electron chi connectivity index (χ3n) is 6.73. The zero-order chi connectivity index (χ0) is 21.2. The van der Waals surface area contributed by atoms with Gasteiger partial charge in [0.2, 0.25) is 5.91 Å². The molecule has 1 spiro atoms. The molecule has 2 N–H and O–H groups in total. The molecular formula is C26H22N4O. The number of aryl methyl sites for hydroxylation is 2. The molecule has 0 saturated heterocycles. The van der Waals surface area contributed by atoms with Gasteiger partial charge >= 0.3 is 0 Å². The highest BCUT2D eigenvalue weighted by atomic mass is 16.2. The SMILES string of the molecule is Cc1ccc(/C=C/c2n[nH]c3cc([C@@H]4CC45C(=O)Nc4ccccc45)ccc23)c(C)n1. The summed E-state index contributed by atoms with van der Waals surface area (Å²) in [5, 5.41) is 11.8. The normalized spacial score (nSPS) is 21.7. The van der Waals surface area contributed by atoms with Crippen molar-refractivity contribution in [3.63, 3.8) is 0 Å². The number of nitrogens with zero attached hydrogens (tertiary/aromatic N) is 2. The van der Waals surface area contributed by atoms with E-state index in [1.807, 2.05) is 44.2 Å². The van der Waals surface area contributed by atoms with E-state index >= 15 is 0 Å². The van der Waals surface area contributed by atoms with Crippen molar-refractivity contribution in [1.82, 2.24) is 15.2 Å². The summed E-state index contributed by atoms with van der Waals surface area (Å²) in [6.45, 7) is 4.02. The number of nitrogens with one attached hydrogen (secondary N) is 2. The van der Waals surface area contributed by atoms with Crippen LogP contribution in [0.4, 0.5) is 5.69 Å². The molecule has 2 aromatic heterocycles. The Morgan fingerprint density at radius 1 is 1.06 bits per heavy atom. The van der Waals surface area contributed by atoms with Crippen molar-refractivity contribution in [3.8, 4) is 0 Å². The molecule has 1 saturated carbocycles. The second-order valence-corrected chi connectivity index (χ2v) is 8.60. The van der Waals surface area contributed by atoms with Crippen LogP contribution in [0.15, 0.2) is 54.6 Å². The molecule has 152 valence electrons. The Labute approximate surface area is 180 Å². The Bertz CT molecular complexity index is 1400. The fourth-order valence-electron chi connectivity index (χ4n) is 5.00. The van der Waals surface area contributed by atoms with Gasteiger partial charge in [0.1, 0.15) is 0 Å². The molecule has 31 heavy (non-hydrogen) atoms. The molecule has 3 heterocycles. The quantitative estimate of drug-likeness (QED) is 0.496. The number of aromatic nitrogens is 3. The first-order valence-corrected chi connectivity index (χ1v) is 10.6. The Balaban J connectivity index is 1.31. The fraction of sp³-hybridized carbons (Fsp3) is 0.192. The minimum Gasteiger partial charge on any atom is -0.325 e. The molecule has 2 aromatic carbocycles. The van der Waals surface area contributed by atoms with Crippen LogP contribution in [0.1, 0.15) is 46.1 Å². The van der Waals surface area contributed by atoms with Crippen LogP contribution in [0, 0.1) is 13.8 Å². The Morgan fingerprint density at radius 3 is 2.81 bits per heavy atom. The molecule has 2 atom stereocenters. The van der Waals surface area contributed by atoms with Gasteiger partial charge < -0.3 is 5.32 Å². The molecule has 1 aliphatic heterocycles. The number of amides is 1. The van der Waals surface area contributed by atoms with Gasteiger partial charge in [-0.1, -0.05) is 42.5 Å². The number of anilines is 1. The van der Waals surface area contributed by atoms with Crippen molar-refractivity contribution in [1.29, 1.82) is 0 Å². The molecule has 0 radical (unpaired) electrons. The summed E-state index contributed by atoms with van der Waals surface area (Å²) in [4.78, 5) is 17.3. The van der Waals surface area contributed by atoms with E-state index in [4.69, 9.17) is 0 Å². The van der Waals surface area contributed by atoms with E-state index in [-0.39, 0.29) is 11.8 Å². The molecule has 5 nitrogen and oxygen atoms in total. The highest BCUT2D eigenvalue weighted by Gasteiger charge is 2.65. The molecule has 4 aromatic rings. The van der Waals surface area contributed by atoms with Crippen molar-refractivity contribution >= 4 is 34.6 Å². The second-order valence-electron chi connectivity index (χ2n) is 8.60. The zero-order valence-electron chi connectivity index (χ0n) is 17.4. The predicted octanol–water partition coefficient (Wildman–Crippen LogP) is 5.12. The molecule has 1 fully saturated rings. The van der Waals surface area contributed by atoms with E-state index in [1.165, 1.54) is 5.56 Å². The summed E-state index contributed by atoms with van der Waals surface area (Å²) >= 11 is 0. The minimum atomic E-state index is -0.414. The second kappa shape index (κ2) is 6.38. The summed E-state index contributed by atoms with van der Waals surface area (Å²) in [6.07, 6.45) is 4.93. The number of H-pyrrole nitrogens is 1. The summed E-state index contributed by atoms with van der Waals surface area (Å²) in [5.74, 6) is 0.318. The highest BCUT2D eigenvalue weighted by molar-refractivity contribution is 6.09. The van der Waals surface area contributed by atoms with Crippen LogP contribution < -0.4 is 5.32 Å². The first-order valence-electron chi connectivity index (χ1n) is 10.6. The molecule has 1 amide bonds. The number of rotatable bonds is 3. The van der Waals surface area contributed by atoms with E-state index in [0.29, 0.717) is 0 Å². The van der Waals surface area contributed by atoms with E-state index in [9.17, 15) is 4.79 Å². The summed E-state index contributed by atoms with van der Waals surface area (Å²) in [6, 6.07) is 18.5. The molecule has 6 rings (SSSR count). The van der Waals surface area contributed by atoms with Gasteiger partial charge in [-0.25, -0.2) is 0 Å². The number of hydrogen-bond acceptors (Lipinski definition) is 3. The molecule has 1 aliphatic carbocycles. The lowest BCUT2D eigenvalue weighted by atomic mass is 9.92. The van der Waals surface area contributed by atoms with Crippen LogP contribution in [0.2, 0.25) is 0 Å². The van der Waals surface area contributed by atoms with Gasteiger partial charge in [-0.05, 0) is 61.2 Å². The standard InChI is InChI=1S/C26H22N4O/c1-15-7-8-17(16(2)27-15)10-12-22-19-11-9-18(13-24(19)30-29-22)21-14-26(21)20-5-3-4-6-23(20)28-25(26)31/h3-13,21H,14H2,1-2H3,(H,28,31)(H,29,30)/b12-10+/t21-,26?/m0/s1. The van der Waals surface area contributed by atoms with Gasteiger partial charge in [-0.2, -0.15) is 5.10 Å². The summed E-state index contributed by atoms with van der Waals surface area (Å²) < 4.78 is 0. The number of pyridine rings is 1. The van der Waals surface area contributed by atoms with E-state index < -0.39 is 5.41 Å². The average molecular weight is 406 g/mol. The van der Waals surface area contributed by atoms with Crippen molar-refractivity contribution in [2.75, 3.05) is 5.32 Å². The van der Waals surface area contributed by atoms with Gasteiger partial charge in [0.25, 0.3) is 0 Å². The van der Waals surface area contributed by atoms with Gasteiger partial charge in [0.05, 0.1) is 16.6 Å². The maximum atomic E-state index is 12.8. The first-order chi connectivity index (χ1) is 15.1. The number of aromatic amines is 1. The molecule has 5 heteroatoms. The van der Waals surface area contributed by atoms with Crippen LogP contribution in [-0.4, -0.2) is 21.1 Å². The Kier molecular flexibility index (Phi) is 3.72. The predicted molar refractivity (Wildman–Crippen MR) is 123 cm³/mol. The minimum absolute atomic E-state index is 0.120. The lowest BCUT2D eigenvalue weighted by Crippen LogP contribution is -2.20. The maximum absolute atomic E-state index is 12.8. The summed E-state index contributed by atoms with van der Waals surface area (Å²) in [7, 11) is 0. The van der Waals surface area contributed by atoms with Crippen molar-refractivity contribution in [2.24, 2.45) is 0 Å². The number of benzene rings is 2. The van der Waals surface area contributed by atoms with Crippen molar-refractivity contribution in [2.45, 2.75) is 31.6 Å². The van der Waals surface area contributed by atoms with Gasteiger partial charge in [-0.3, -0.25) is 14.9 Å². The summed E-state index contributed by atoms with van der Waals surface area (Å²) in [5.41, 5.74) is 7.84. The number of hydrogen-bond donors (Lipinski definition) is 2. The number of para-hydroxylation sites is 1. The zero-order valence-corrected chi connectivity index (χ0v) is 17.4. The number of carbonyl (C=O) groups is 1. The van der Waals surface area contributed by atoms with Crippen LogP contribution in [0.5, 0.6) is 0 Å². The van der Waals surface area contributed by atoms with E-state index in [2.05, 4.69) is 56.9 Å². The lowest BCUT2D eigenvalue weighted by Gasteiger charge is -2.08. The topological polar surface area (TPSA) is 70.7 Å². The Morgan fingerprint density at radius 2 is 1.94 bits per heavy atom. The van der Waals surface area contributed by atoms with E-state index in [0.717, 1.165) is 51.2 Å². The van der Waals surface area contributed by atoms with Crippen LogP contribution in [0.3, 0.4) is 0 Å². The van der Waals surface area contributed by atoms with Gasteiger partial charge in [0.15, 0.2) is 0 Å². The smallest absolute Gasteiger partial charge is 0.235 e. The van der Waals surface area contributed by atoms with Gasteiger partial charge in [0, 0.05) is 28.4 Å². The lowest BCUT2D eigenvalue weighted by molar-refractivity contribution is -0.118. The van der Waals surface area contributed by atoms with E-state index in [1.54, 1.807) is 0 Å². The van der Waals surface area contributed by atoms with Crippen LogP contribution >= 0.6 is 0 Å². The van der Waals surface area contributed by atoms with Crippen molar-refractivity contribution < 1.29 is 4.79 Å². The molecule has 2 aliphatic rings. The highest BCUT2D eigenvalue weighted by Crippen LogP contribution is 2.64. The fourth-order valence-corrected chi connectivity index (χ4v) is 5.00. The maximum Gasteiger partial charge on any atom is 0.235 e. The monoisotopic (exact) mass is 406 g/mol. The third kappa shape index (κ3) is 2.66. The number of carbonyl (C=O) groups excluding carboxylic acids is 1. The molecule has 0 bridgehead atoms. The van der Waals surface area contributed by atoms with Crippen LogP contribution in [0.25, 0.3) is 23.1 Å². The number of fused-ring (bicyclic) bond motifs is 3. The Hall–Kier alpha value is -3.73. The third-order valence-corrected chi connectivity index (χ3v) is 6.73. The largest absolute Gasteiger partial charge is 0.325 e.